The zero-order valence-corrected chi connectivity index (χ0v) is 15.9. The fourth-order valence-corrected chi connectivity index (χ4v) is 2.66. The van der Waals surface area contributed by atoms with Gasteiger partial charge in [0.1, 0.15) is 0 Å². The number of hydrogen-bond donors (Lipinski definition) is 2. The molecule has 0 atom stereocenters. The van der Waals surface area contributed by atoms with Crippen LogP contribution in [-0.2, 0) is 4.79 Å². The van der Waals surface area contributed by atoms with Gasteiger partial charge in [0, 0.05) is 23.0 Å². The molecule has 28 heavy (non-hydrogen) atoms. The molecule has 0 aromatic heterocycles. The van der Waals surface area contributed by atoms with E-state index >= 15 is 0 Å². The van der Waals surface area contributed by atoms with Crippen molar-refractivity contribution in [2.24, 2.45) is 0 Å². The van der Waals surface area contributed by atoms with E-state index in [9.17, 15) is 9.59 Å². The van der Waals surface area contributed by atoms with E-state index in [1.165, 1.54) is 11.6 Å². The SMILES string of the molecule is Cc1ccc(/C=C/C(=O)Nc2ccc(NC(=O)c3cccc(C)c3)cc2)cc1. The summed E-state index contributed by atoms with van der Waals surface area (Å²) in [6.07, 6.45) is 3.27. The summed E-state index contributed by atoms with van der Waals surface area (Å²) in [6, 6.07) is 22.4. The number of nitrogens with one attached hydrogen (secondary N) is 2. The zero-order chi connectivity index (χ0) is 19.9. The summed E-state index contributed by atoms with van der Waals surface area (Å²) in [5.74, 6) is -0.376. The van der Waals surface area contributed by atoms with Crippen molar-refractivity contribution in [1.82, 2.24) is 0 Å². The van der Waals surface area contributed by atoms with Crippen LogP contribution in [0.1, 0.15) is 27.0 Å². The second-order valence-corrected chi connectivity index (χ2v) is 6.63. The average molecular weight is 370 g/mol. The average Bonchev–Trinajstić information content (AvgIpc) is 2.69. The summed E-state index contributed by atoms with van der Waals surface area (Å²) in [7, 11) is 0. The predicted molar refractivity (Wildman–Crippen MR) is 114 cm³/mol. The maximum atomic E-state index is 12.3. The van der Waals surface area contributed by atoms with Crippen LogP contribution in [0.4, 0.5) is 11.4 Å². The van der Waals surface area contributed by atoms with Crippen LogP contribution in [0.2, 0.25) is 0 Å². The molecule has 2 amide bonds. The Kier molecular flexibility index (Phi) is 6.02. The van der Waals surface area contributed by atoms with Crippen LogP contribution in [0, 0.1) is 13.8 Å². The van der Waals surface area contributed by atoms with Crippen molar-refractivity contribution in [2.75, 3.05) is 10.6 Å². The lowest BCUT2D eigenvalue weighted by Crippen LogP contribution is -2.12. The van der Waals surface area contributed by atoms with Gasteiger partial charge in [0.05, 0.1) is 0 Å². The highest BCUT2D eigenvalue weighted by Crippen LogP contribution is 2.15. The minimum atomic E-state index is -0.211. The Morgan fingerprint density at radius 3 is 2.04 bits per heavy atom. The molecular formula is C24H22N2O2. The van der Waals surface area contributed by atoms with E-state index < -0.39 is 0 Å². The first-order valence-electron chi connectivity index (χ1n) is 9.03. The summed E-state index contributed by atoms with van der Waals surface area (Å²) >= 11 is 0. The van der Waals surface area contributed by atoms with Crippen LogP contribution in [0.3, 0.4) is 0 Å². The van der Waals surface area contributed by atoms with E-state index in [1.54, 1.807) is 36.4 Å². The highest BCUT2D eigenvalue weighted by molar-refractivity contribution is 6.05. The van der Waals surface area contributed by atoms with Crippen molar-refractivity contribution >= 4 is 29.3 Å². The second kappa shape index (κ2) is 8.82. The lowest BCUT2D eigenvalue weighted by Gasteiger charge is -2.07. The first-order valence-corrected chi connectivity index (χ1v) is 9.03. The van der Waals surface area contributed by atoms with E-state index in [-0.39, 0.29) is 11.8 Å². The molecule has 0 aliphatic rings. The van der Waals surface area contributed by atoms with E-state index in [2.05, 4.69) is 10.6 Å². The number of hydrogen-bond acceptors (Lipinski definition) is 2. The molecule has 0 radical (unpaired) electrons. The molecule has 0 aliphatic heterocycles. The van der Waals surface area contributed by atoms with Gasteiger partial charge < -0.3 is 10.6 Å². The van der Waals surface area contributed by atoms with Crippen LogP contribution in [-0.4, -0.2) is 11.8 Å². The molecule has 0 saturated heterocycles. The fourth-order valence-electron chi connectivity index (χ4n) is 2.66. The second-order valence-electron chi connectivity index (χ2n) is 6.63. The molecule has 0 fully saturated rings. The van der Waals surface area contributed by atoms with Gasteiger partial charge >= 0.3 is 0 Å². The fraction of sp³-hybridized carbons (Fsp3) is 0.0833. The molecule has 0 unspecified atom stereocenters. The normalized spacial score (nSPS) is 10.6. The number of aryl methyl sites for hydroxylation is 2. The Labute approximate surface area is 164 Å². The maximum absolute atomic E-state index is 12.3. The Morgan fingerprint density at radius 1 is 0.750 bits per heavy atom. The van der Waals surface area contributed by atoms with Crippen LogP contribution in [0.5, 0.6) is 0 Å². The number of rotatable bonds is 5. The monoisotopic (exact) mass is 370 g/mol. The number of benzene rings is 3. The molecule has 2 N–H and O–H groups in total. The van der Waals surface area contributed by atoms with E-state index in [0.717, 1.165) is 11.1 Å². The third-order valence-electron chi connectivity index (χ3n) is 4.20. The summed E-state index contributed by atoms with van der Waals surface area (Å²) in [6.45, 7) is 3.97. The largest absolute Gasteiger partial charge is 0.323 e. The number of anilines is 2. The molecule has 0 heterocycles. The highest BCUT2D eigenvalue weighted by atomic mass is 16.2. The molecule has 3 aromatic carbocycles. The molecule has 4 nitrogen and oxygen atoms in total. The lowest BCUT2D eigenvalue weighted by atomic mass is 10.1. The van der Waals surface area contributed by atoms with Gasteiger partial charge in [-0.15, -0.1) is 0 Å². The van der Waals surface area contributed by atoms with Crippen molar-refractivity contribution in [3.63, 3.8) is 0 Å². The minimum Gasteiger partial charge on any atom is -0.323 e. The van der Waals surface area contributed by atoms with Gasteiger partial charge in [0.2, 0.25) is 5.91 Å². The molecule has 3 rings (SSSR count). The molecule has 0 saturated carbocycles. The summed E-state index contributed by atoms with van der Waals surface area (Å²) in [4.78, 5) is 24.3. The minimum absolute atomic E-state index is 0.165. The summed E-state index contributed by atoms with van der Waals surface area (Å²) < 4.78 is 0. The molecule has 0 spiro atoms. The molecule has 4 heteroatoms. The van der Waals surface area contributed by atoms with Gasteiger partial charge in [0.25, 0.3) is 5.91 Å². The smallest absolute Gasteiger partial charge is 0.255 e. The van der Waals surface area contributed by atoms with Crippen LogP contribution in [0.15, 0.2) is 78.9 Å². The number of amides is 2. The van der Waals surface area contributed by atoms with Crippen molar-refractivity contribution in [1.29, 1.82) is 0 Å². The van der Waals surface area contributed by atoms with Gasteiger partial charge in [0.15, 0.2) is 0 Å². The predicted octanol–water partition coefficient (Wildman–Crippen LogP) is 5.21. The van der Waals surface area contributed by atoms with Crippen molar-refractivity contribution < 1.29 is 9.59 Å². The van der Waals surface area contributed by atoms with Crippen LogP contribution in [0.25, 0.3) is 6.08 Å². The third kappa shape index (κ3) is 5.42. The van der Waals surface area contributed by atoms with E-state index in [4.69, 9.17) is 0 Å². The lowest BCUT2D eigenvalue weighted by molar-refractivity contribution is -0.111. The van der Waals surface area contributed by atoms with E-state index in [1.807, 2.05) is 56.3 Å². The van der Waals surface area contributed by atoms with Crippen LogP contribution >= 0.6 is 0 Å². The summed E-state index contributed by atoms with van der Waals surface area (Å²) in [5, 5.41) is 5.66. The Hall–Kier alpha value is -3.66. The van der Waals surface area contributed by atoms with Crippen molar-refractivity contribution in [3.05, 3.63) is 101 Å². The number of carbonyl (C=O) groups is 2. The molecule has 0 aliphatic carbocycles. The van der Waals surface area contributed by atoms with E-state index in [0.29, 0.717) is 16.9 Å². The van der Waals surface area contributed by atoms with Crippen molar-refractivity contribution in [3.8, 4) is 0 Å². The Balaban J connectivity index is 1.57. The molecular weight excluding hydrogens is 348 g/mol. The topological polar surface area (TPSA) is 58.2 Å². The quantitative estimate of drug-likeness (QED) is 0.606. The van der Waals surface area contributed by atoms with Crippen LogP contribution < -0.4 is 10.6 Å². The molecule has 140 valence electrons. The Bertz CT molecular complexity index is 1000. The van der Waals surface area contributed by atoms with Gasteiger partial charge in [-0.05, 0) is 61.9 Å². The third-order valence-corrected chi connectivity index (χ3v) is 4.20. The first-order chi connectivity index (χ1) is 13.5. The Morgan fingerprint density at radius 2 is 1.39 bits per heavy atom. The standard InChI is InChI=1S/C24H22N2O2/c1-17-6-8-19(9-7-17)10-15-23(27)25-21-11-13-22(14-12-21)26-24(28)20-5-3-4-18(2)16-20/h3-16H,1-2H3,(H,25,27)(H,26,28)/b15-10+. The molecule has 0 bridgehead atoms. The molecule has 3 aromatic rings. The van der Waals surface area contributed by atoms with Crippen molar-refractivity contribution in [2.45, 2.75) is 13.8 Å². The first kappa shape index (κ1) is 19.1. The maximum Gasteiger partial charge on any atom is 0.255 e. The van der Waals surface area contributed by atoms with Gasteiger partial charge in [-0.2, -0.15) is 0 Å². The van der Waals surface area contributed by atoms with Gasteiger partial charge in [-0.1, -0.05) is 47.5 Å². The zero-order valence-electron chi connectivity index (χ0n) is 15.9. The highest BCUT2D eigenvalue weighted by Gasteiger charge is 2.06. The van der Waals surface area contributed by atoms with Gasteiger partial charge in [-0.3, -0.25) is 9.59 Å². The summed E-state index contributed by atoms with van der Waals surface area (Å²) in [5.41, 5.74) is 5.11. The van der Waals surface area contributed by atoms with Gasteiger partial charge in [-0.25, -0.2) is 0 Å². The number of carbonyl (C=O) groups excluding carboxylic acids is 2.